The molecular weight excluding hydrogens is 276 g/mol. The molecule has 1 nitrogen and oxygen atoms in total. The topological polar surface area (TPSA) is 12.4 Å². The minimum Gasteiger partial charge on any atom is -0.353 e. The molecule has 0 heterocycles. The Morgan fingerprint density at radius 1 is 1.60 bits per heavy atom. The van der Waals surface area contributed by atoms with E-state index in [9.17, 15) is 0 Å². The van der Waals surface area contributed by atoms with Gasteiger partial charge in [-0.05, 0) is 0 Å². The van der Waals surface area contributed by atoms with Crippen LogP contribution in [0.2, 0.25) is 0 Å². The van der Waals surface area contributed by atoms with E-state index in [1.807, 2.05) is 26.5 Å². The first-order valence-corrected chi connectivity index (χ1v) is 2.88. The summed E-state index contributed by atoms with van der Waals surface area (Å²) in [6, 6.07) is 0. The minimum absolute atomic E-state index is 0. The monoisotopic (exact) mass is 289 g/mol. The second-order valence-electron chi connectivity index (χ2n) is 1.95. The number of hydrogen-bond acceptors (Lipinski definition) is 1. The first-order valence-electron chi connectivity index (χ1n) is 2.88. The van der Waals surface area contributed by atoms with Crippen molar-refractivity contribution in [2.75, 3.05) is 6.54 Å². The fourth-order valence-corrected chi connectivity index (χ4v) is 0.346. The van der Waals surface area contributed by atoms with Gasteiger partial charge >= 0.3 is 0 Å². The van der Waals surface area contributed by atoms with Crippen molar-refractivity contribution in [1.82, 2.24) is 0 Å². The van der Waals surface area contributed by atoms with E-state index in [4.69, 9.17) is 0 Å². The summed E-state index contributed by atoms with van der Waals surface area (Å²) >= 11 is 0. The molecular formula is C7H13NY2-2. The maximum atomic E-state index is 4.05. The van der Waals surface area contributed by atoms with E-state index in [0.717, 1.165) is 6.54 Å². The minimum atomic E-state index is 0. The molecule has 0 aromatic rings. The van der Waals surface area contributed by atoms with Crippen LogP contribution in [0.25, 0.3) is 0 Å². The molecule has 2 radical (unpaired) electrons. The summed E-state index contributed by atoms with van der Waals surface area (Å²) in [6.45, 7) is 8.62. The van der Waals surface area contributed by atoms with Crippen LogP contribution in [-0.2, 0) is 65.4 Å². The molecule has 0 aliphatic rings. The Kier molecular flexibility index (Phi) is 23.7. The molecule has 10 heavy (non-hydrogen) atoms. The van der Waals surface area contributed by atoms with Crippen LogP contribution in [0.5, 0.6) is 0 Å². The fraction of sp³-hybridized carbons (Fsp3) is 0.571. The maximum absolute atomic E-state index is 4.05. The number of nitrogens with zero attached hydrogens (tertiary/aromatic N) is 1. The van der Waals surface area contributed by atoms with Gasteiger partial charge < -0.3 is 18.3 Å². The van der Waals surface area contributed by atoms with E-state index < -0.39 is 0 Å². The van der Waals surface area contributed by atoms with Gasteiger partial charge in [-0.2, -0.15) is 12.8 Å². The van der Waals surface area contributed by atoms with E-state index in [2.05, 4.69) is 11.9 Å². The molecule has 0 saturated heterocycles. The van der Waals surface area contributed by atoms with Crippen LogP contribution in [0.1, 0.15) is 13.8 Å². The van der Waals surface area contributed by atoms with Gasteiger partial charge in [-0.15, -0.1) is 6.21 Å². The molecule has 0 aliphatic heterocycles. The van der Waals surface area contributed by atoms with Crippen molar-refractivity contribution in [3.63, 3.8) is 0 Å². The molecule has 54 valence electrons. The van der Waals surface area contributed by atoms with Gasteiger partial charge in [-0.3, -0.25) is 0 Å². The fourth-order valence-electron chi connectivity index (χ4n) is 0.346. The van der Waals surface area contributed by atoms with Gasteiger partial charge in [0, 0.05) is 72.0 Å². The summed E-state index contributed by atoms with van der Waals surface area (Å²) in [5, 5.41) is 0. The van der Waals surface area contributed by atoms with Crippen LogP contribution in [0.4, 0.5) is 0 Å². The van der Waals surface area contributed by atoms with Crippen molar-refractivity contribution >= 4 is 6.21 Å². The zero-order chi connectivity index (χ0) is 6.41. The molecule has 0 saturated carbocycles. The van der Waals surface area contributed by atoms with Gasteiger partial charge in [-0.25, -0.2) is 0 Å². The molecule has 3 heteroatoms. The Morgan fingerprint density at radius 3 is 2.40 bits per heavy atom. The smallest absolute Gasteiger partial charge is 0.0108 e. The standard InChI is InChI=1S/C7H13N.2Y/c1-4-5-8-6-7(2)3;;/h4-5,7H,2,6H2,1,3H3;;/q-2;;/t7-;;/m1../s1. The third-order valence-electron chi connectivity index (χ3n) is 0.672. The second kappa shape index (κ2) is 13.3. The summed E-state index contributed by atoms with van der Waals surface area (Å²) in [4.78, 5) is 4.05. The summed E-state index contributed by atoms with van der Waals surface area (Å²) in [5.41, 5.74) is 0. The maximum Gasteiger partial charge on any atom is 0.0108 e. The quantitative estimate of drug-likeness (QED) is 0.554. The molecule has 0 aromatic heterocycles. The Labute approximate surface area is 115 Å². The predicted molar refractivity (Wildman–Crippen MR) is 37.9 cm³/mol. The van der Waals surface area contributed by atoms with Crippen LogP contribution in [0, 0.1) is 19.3 Å². The molecule has 1 atom stereocenters. The molecule has 0 aromatic carbocycles. The normalized spacial score (nSPS) is 11.5. The third-order valence-corrected chi connectivity index (χ3v) is 0.672. The molecule has 0 bridgehead atoms. The number of aliphatic imine (C=N–C) groups is 1. The van der Waals surface area contributed by atoms with Crippen molar-refractivity contribution in [3.8, 4) is 0 Å². The van der Waals surface area contributed by atoms with Crippen molar-refractivity contribution < 1.29 is 65.4 Å². The summed E-state index contributed by atoms with van der Waals surface area (Å²) < 4.78 is 0. The van der Waals surface area contributed by atoms with Gasteiger partial charge in [0.05, 0.1) is 0 Å². The summed E-state index contributed by atoms with van der Waals surface area (Å²) in [6.07, 6.45) is 3.73. The van der Waals surface area contributed by atoms with E-state index in [1.54, 1.807) is 0 Å². The van der Waals surface area contributed by atoms with Gasteiger partial charge in [0.15, 0.2) is 0 Å². The Hall–Kier alpha value is 1.75. The van der Waals surface area contributed by atoms with Gasteiger partial charge in [0.2, 0.25) is 0 Å². The Morgan fingerprint density at radius 2 is 2.10 bits per heavy atom. The Bertz CT molecular complexity index is 72.0. The average molecular weight is 289 g/mol. The van der Waals surface area contributed by atoms with Crippen LogP contribution in [0.15, 0.2) is 4.99 Å². The SMILES string of the molecule is [CH2-][C@H](C)CN=C[CH-]C.[Y].[Y]. The molecule has 0 spiro atoms. The van der Waals surface area contributed by atoms with Crippen molar-refractivity contribution in [2.24, 2.45) is 10.9 Å². The zero-order valence-electron chi connectivity index (χ0n) is 6.75. The van der Waals surface area contributed by atoms with Gasteiger partial charge in [0.1, 0.15) is 0 Å². The third kappa shape index (κ3) is 16.4. The van der Waals surface area contributed by atoms with Gasteiger partial charge in [0.25, 0.3) is 0 Å². The van der Waals surface area contributed by atoms with Crippen molar-refractivity contribution in [1.29, 1.82) is 0 Å². The number of hydrogen-bond donors (Lipinski definition) is 0. The molecule has 0 fully saturated rings. The van der Waals surface area contributed by atoms with Crippen LogP contribution >= 0.6 is 0 Å². The molecule has 0 amide bonds. The van der Waals surface area contributed by atoms with Crippen molar-refractivity contribution in [3.05, 3.63) is 13.3 Å². The molecule has 0 N–H and O–H groups in total. The first kappa shape index (κ1) is 17.7. The average Bonchev–Trinajstić information content (AvgIpc) is 1.66. The van der Waals surface area contributed by atoms with Crippen LogP contribution in [0.3, 0.4) is 0 Å². The van der Waals surface area contributed by atoms with Crippen LogP contribution in [-0.4, -0.2) is 12.8 Å². The second-order valence-corrected chi connectivity index (χ2v) is 1.95. The molecule has 0 unspecified atom stereocenters. The predicted octanol–water partition coefficient (Wildman–Crippen LogP) is 1.75. The van der Waals surface area contributed by atoms with E-state index in [1.165, 1.54) is 0 Å². The summed E-state index contributed by atoms with van der Waals surface area (Å²) in [7, 11) is 0. The van der Waals surface area contributed by atoms with Crippen molar-refractivity contribution in [2.45, 2.75) is 13.8 Å². The Balaban J connectivity index is -0.000000245. The first-order chi connectivity index (χ1) is 3.77. The number of rotatable bonds is 3. The molecule has 0 rings (SSSR count). The van der Waals surface area contributed by atoms with E-state index >= 15 is 0 Å². The summed E-state index contributed by atoms with van der Waals surface area (Å²) in [5.74, 6) is 0.436. The largest absolute Gasteiger partial charge is 0.353 e. The molecule has 0 aliphatic carbocycles. The van der Waals surface area contributed by atoms with E-state index in [0.29, 0.717) is 5.92 Å². The van der Waals surface area contributed by atoms with Crippen LogP contribution < -0.4 is 0 Å². The van der Waals surface area contributed by atoms with E-state index in [-0.39, 0.29) is 65.4 Å². The zero-order valence-corrected chi connectivity index (χ0v) is 12.4. The van der Waals surface area contributed by atoms with Gasteiger partial charge in [-0.1, -0.05) is 6.92 Å².